The minimum absolute atomic E-state index is 0.113. The maximum atomic E-state index is 4.93. The Balaban J connectivity index is 0.000000171. The van der Waals surface area contributed by atoms with Crippen molar-refractivity contribution in [3.05, 3.63) is 179 Å². The van der Waals surface area contributed by atoms with Gasteiger partial charge in [-0.1, -0.05) is 216 Å². The summed E-state index contributed by atoms with van der Waals surface area (Å²) in [6.45, 7) is 32.4. The summed E-state index contributed by atoms with van der Waals surface area (Å²) in [5, 5.41) is 8.41. The van der Waals surface area contributed by atoms with E-state index in [0.717, 1.165) is 9.52 Å². The molecule has 0 N–H and O–H groups in total. The van der Waals surface area contributed by atoms with Crippen LogP contribution in [-0.2, 0) is 31.7 Å². The van der Waals surface area contributed by atoms with Crippen molar-refractivity contribution in [3.63, 3.8) is 0 Å². The van der Waals surface area contributed by atoms with Gasteiger partial charge in [-0.2, -0.15) is 41.6 Å². The zero-order chi connectivity index (χ0) is 49.5. The normalized spacial score (nSPS) is 12.9. The van der Waals surface area contributed by atoms with E-state index in [1.165, 1.54) is 112 Å². The molecule has 0 spiro atoms. The monoisotopic (exact) mass is 1030 g/mol. The van der Waals surface area contributed by atoms with Gasteiger partial charge in [-0.15, -0.1) is 74.6 Å². The van der Waals surface area contributed by atoms with Gasteiger partial charge in [-0.25, -0.2) is 0 Å². The van der Waals surface area contributed by atoms with Gasteiger partial charge in [0.05, 0.1) is 9.52 Å². The molecule has 68 heavy (non-hydrogen) atoms. The van der Waals surface area contributed by atoms with Crippen LogP contribution in [0, 0.1) is 6.07 Å². The van der Waals surface area contributed by atoms with Crippen LogP contribution in [0.2, 0.25) is 0 Å². The third-order valence-corrected chi connectivity index (χ3v) is 15.2. The van der Waals surface area contributed by atoms with E-state index < -0.39 is 20.8 Å². The molecule has 8 aromatic rings. The molecular formula is C64H73Cl2SiZr-3. The zero-order valence-corrected chi connectivity index (χ0v) is 48.2. The van der Waals surface area contributed by atoms with Gasteiger partial charge < -0.3 is 0 Å². The summed E-state index contributed by atoms with van der Waals surface area (Å²) in [5.41, 5.74) is 17.4. The molecule has 4 heteroatoms. The molecule has 0 amide bonds. The van der Waals surface area contributed by atoms with E-state index >= 15 is 0 Å². The number of fused-ring (bicyclic) bond motifs is 5. The fourth-order valence-electron chi connectivity index (χ4n) is 9.66. The van der Waals surface area contributed by atoms with Crippen molar-refractivity contribution in [3.8, 4) is 33.4 Å². The minimum Gasteiger partial charge on any atom is -0.184 e. The van der Waals surface area contributed by atoms with Crippen LogP contribution >= 0.6 is 17.0 Å². The van der Waals surface area contributed by atoms with Crippen LogP contribution in [0.4, 0.5) is 0 Å². The van der Waals surface area contributed by atoms with Crippen molar-refractivity contribution >= 4 is 58.5 Å². The largest absolute Gasteiger partial charge is 0.184 e. The SMILES string of the molecule is CCC(C)c1cc2c(-c3ccccc3C(C)C)c(C(C)(C)C)ccc2[cH-]1.CCC(C)c1cc2c(-c3ccccc3C(C)C)c(C(C)(C)C)ccc2[cH-]1.[Cl][Zr][Cl].[c-]1cccc2c1[Si]c1ccccc1-2. The summed E-state index contributed by atoms with van der Waals surface area (Å²) in [6, 6.07) is 55.2. The topological polar surface area (TPSA) is 0 Å². The van der Waals surface area contributed by atoms with Gasteiger partial charge in [0.25, 0.3) is 0 Å². The first-order valence-electron chi connectivity index (χ1n) is 24.8. The molecule has 2 radical (unpaired) electrons. The Kier molecular flexibility index (Phi) is 18.5. The Hall–Kier alpha value is -3.78. The first-order valence-corrected chi connectivity index (χ1v) is 32.2. The number of rotatable bonds is 8. The van der Waals surface area contributed by atoms with Crippen LogP contribution in [-0.4, -0.2) is 9.52 Å². The molecule has 9 rings (SSSR count). The summed E-state index contributed by atoms with van der Waals surface area (Å²) >= 11 is -0.826. The predicted molar refractivity (Wildman–Crippen MR) is 300 cm³/mol. The molecule has 0 saturated carbocycles. The van der Waals surface area contributed by atoms with Gasteiger partial charge in [-0.3, -0.25) is 0 Å². The smallest absolute Gasteiger partial charge is 0.0920 e. The second-order valence-electron chi connectivity index (χ2n) is 21.4. The maximum Gasteiger partial charge on any atom is 0.0920 e. The van der Waals surface area contributed by atoms with Crippen LogP contribution in [0.15, 0.2) is 140 Å². The molecular weight excluding hydrogens is 959 g/mol. The summed E-state index contributed by atoms with van der Waals surface area (Å²) in [4.78, 5) is 0. The maximum absolute atomic E-state index is 4.93. The number of halogens is 2. The average Bonchev–Trinajstić information content (AvgIpc) is 4.06. The number of hydrogen-bond donors (Lipinski definition) is 0. The molecule has 0 nitrogen and oxygen atoms in total. The Morgan fingerprint density at radius 3 is 1.34 bits per heavy atom. The van der Waals surface area contributed by atoms with Crippen molar-refractivity contribution < 1.29 is 20.8 Å². The van der Waals surface area contributed by atoms with Gasteiger partial charge in [0, 0.05) is 0 Å². The van der Waals surface area contributed by atoms with Crippen LogP contribution in [0.1, 0.15) is 167 Å². The Labute approximate surface area is 432 Å². The van der Waals surface area contributed by atoms with Crippen molar-refractivity contribution in [1.29, 1.82) is 0 Å². The van der Waals surface area contributed by atoms with E-state index in [0.29, 0.717) is 23.7 Å². The van der Waals surface area contributed by atoms with Crippen LogP contribution in [0.3, 0.4) is 0 Å². The number of hydrogen-bond acceptors (Lipinski definition) is 0. The fourth-order valence-corrected chi connectivity index (χ4v) is 11.0. The van der Waals surface area contributed by atoms with E-state index in [4.69, 9.17) is 17.0 Å². The quantitative estimate of drug-likeness (QED) is 0.105. The first-order chi connectivity index (χ1) is 32.3. The number of benzene rings is 6. The molecule has 1 heterocycles. The van der Waals surface area contributed by atoms with E-state index in [2.05, 4.69) is 236 Å². The van der Waals surface area contributed by atoms with Gasteiger partial charge in [0.2, 0.25) is 0 Å². The Morgan fingerprint density at radius 2 is 0.926 bits per heavy atom. The first kappa shape index (κ1) is 53.6. The molecule has 0 saturated heterocycles. The standard InChI is InChI=1S/2C26H33.C12H7Si.2ClH.Zr/c2*1-8-18(4)20-15-19-13-14-24(26(5,6)7)25(23(19)16-20)22-12-10-9-11-21(22)17(2)3;1-3-7-11-9(5-1)10-6-2-4-8-12(10)13-11;;;/h2*9-18H,8H2,1-7H3;1-7H;2*1H;/q3*-1;;;+2/p-2. The third kappa shape index (κ3) is 12.2. The third-order valence-electron chi connectivity index (χ3n) is 13.8. The Bertz CT molecular complexity index is 2710. The average molecular weight is 1030 g/mol. The van der Waals surface area contributed by atoms with E-state index in [9.17, 15) is 0 Å². The van der Waals surface area contributed by atoms with E-state index in [1.807, 2.05) is 6.07 Å². The summed E-state index contributed by atoms with van der Waals surface area (Å²) in [7, 11) is 10.7. The van der Waals surface area contributed by atoms with Gasteiger partial charge in [0.1, 0.15) is 0 Å². The molecule has 1 aliphatic rings. The van der Waals surface area contributed by atoms with Crippen LogP contribution in [0.25, 0.3) is 54.9 Å². The van der Waals surface area contributed by atoms with Crippen LogP contribution < -0.4 is 10.4 Å². The van der Waals surface area contributed by atoms with Crippen molar-refractivity contribution in [2.45, 2.75) is 144 Å². The molecule has 0 aromatic heterocycles. The Morgan fingerprint density at radius 1 is 0.529 bits per heavy atom. The van der Waals surface area contributed by atoms with Crippen molar-refractivity contribution in [2.75, 3.05) is 0 Å². The van der Waals surface area contributed by atoms with E-state index in [-0.39, 0.29) is 10.8 Å². The zero-order valence-electron chi connectivity index (χ0n) is 43.3. The fraction of sp³-hybridized carbons (Fsp3) is 0.344. The van der Waals surface area contributed by atoms with Crippen molar-refractivity contribution in [1.82, 2.24) is 0 Å². The summed E-state index contributed by atoms with van der Waals surface area (Å²) in [6.07, 6.45) is 2.36. The van der Waals surface area contributed by atoms with Gasteiger partial charge in [-0.05, 0) is 56.8 Å². The van der Waals surface area contributed by atoms with Gasteiger partial charge >= 0.3 is 37.9 Å². The second-order valence-corrected chi connectivity index (χ2v) is 26.4. The summed E-state index contributed by atoms with van der Waals surface area (Å²) < 4.78 is 0. The summed E-state index contributed by atoms with van der Waals surface area (Å²) in [5.74, 6) is 2.24. The molecule has 0 aliphatic carbocycles. The molecule has 354 valence electrons. The minimum atomic E-state index is -0.826. The van der Waals surface area contributed by atoms with Gasteiger partial charge in [0.15, 0.2) is 0 Å². The molecule has 8 aromatic carbocycles. The van der Waals surface area contributed by atoms with Crippen LogP contribution in [0.5, 0.6) is 0 Å². The van der Waals surface area contributed by atoms with E-state index in [1.54, 1.807) is 0 Å². The molecule has 1 aliphatic heterocycles. The molecule has 0 bridgehead atoms. The predicted octanol–water partition coefficient (Wildman–Crippen LogP) is 18.8. The second kappa shape index (κ2) is 23.4. The molecule has 2 unspecified atom stereocenters. The molecule has 2 atom stereocenters. The van der Waals surface area contributed by atoms with Crippen molar-refractivity contribution in [2.24, 2.45) is 0 Å². The molecule has 0 fully saturated rings.